The first-order chi connectivity index (χ1) is 3.39. The molecule has 0 bridgehead atoms. The molecule has 1 aromatic rings. The van der Waals surface area contributed by atoms with Crippen molar-refractivity contribution in [3.8, 4) is 5.75 Å². The zero-order valence-electron chi connectivity index (χ0n) is 5.51. The smallest absolute Gasteiger partial charge is 0.872 e. The van der Waals surface area contributed by atoms with Crippen LogP contribution in [0.25, 0.3) is 0 Å². The van der Waals surface area contributed by atoms with E-state index in [1.807, 2.05) is 6.07 Å². The van der Waals surface area contributed by atoms with E-state index in [0.717, 1.165) is 0 Å². The molecule has 0 heterocycles. The number of hydrogen-bond acceptors (Lipinski definition) is 3. The minimum atomic E-state index is 0. The summed E-state index contributed by atoms with van der Waals surface area (Å²) in [5.41, 5.74) is 0. The third-order valence-electron chi connectivity index (χ3n) is 0.743. The summed E-state index contributed by atoms with van der Waals surface area (Å²) < 4.78 is 0. The van der Waals surface area contributed by atoms with E-state index in [1.54, 1.807) is 12.1 Å². The first-order valence-corrected chi connectivity index (χ1v) is 2.11. The number of hydrogen-bond donors (Lipinski definition) is 2. The molecule has 62 valence electrons. The Balaban J connectivity index is -0.000000163. The maximum absolute atomic E-state index is 10.3. The molecular weight excluding hydrogens is 180 g/mol. The van der Waals surface area contributed by atoms with Crippen molar-refractivity contribution in [3.05, 3.63) is 30.3 Å². The summed E-state index contributed by atoms with van der Waals surface area (Å²) in [4.78, 5) is 0. The zero-order chi connectivity index (χ0) is 5.11. The molecule has 0 amide bonds. The van der Waals surface area contributed by atoms with Crippen LogP contribution in [-0.4, -0.2) is 0 Å². The van der Waals surface area contributed by atoms with Gasteiger partial charge in [-0.15, -0.1) is 5.75 Å². The molecule has 10 heavy (non-hydrogen) atoms. The molecule has 0 aliphatic carbocycles. The fourth-order valence-corrected chi connectivity index (χ4v) is 0.420. The standard InChI is InChI=1S/C6H6O.Cu.2H3N/c7-6-4-2-1-3-5-6;;;/h1-5,7H;;2*1H3/q;+1;;/p-1. The monoisotopic (exact) mass is 190 g/mol. The van der Waals surface area contributed by atoms with Crippen molar-refractivity contribution < 1.29 is 22.2 Å². The van der Waals surface area contributed by atoms with Crippen molar-refractivity contribution in [1.82, 2.24) is 12.3 Å². The van der Waals surface area contributed by atoms with Gasteiger partial charge in [0.15, 0.2) is 0 Å². The average molecular weight is 191 g/mol. The Morgan fingerprint density at radius 2 is 1.30 bits per heavy atom. The molecule has 3 nitrogen and oxygen atoms in total. The molecule has 0 unspecified atom stereocenters. The summed E-state index contributed by atoms with van der Waals surface area (Å²) in [6.45, 7) is 0. The van der Waals surface area contributed by atoms with E-state index in [1.165, 1.54) is 12.1 Å². The summed E-state index contributed by atoms with van der Waals surface area (Å²) in [6, 6.07) is 8.33. The van der Waals surface area contributed by atoms with E-state index < -0.39 is 0 Å². The van der Waals surface area contributed by atoms with Gasteiger partial charge in [0.1, 0.15) is 0 Å². The summed E-state index contributed by atoms with van der Waals surface area (Å²) in [6.07, 6.45) is 0. The van der Waals surface area contributed by atoms with Crippen molar-refractivity contribution in [1.29, 1.82) is 0 Å². The molecule has 1 rings (SSSR count). The Morgan fingerprint density at radius 1 is 0.900 bits per heavy atom. The van der Waals surface area contributed by atoms with Gasteiger partial charge in [-0.25, -0.2) is 0 Å². The molecule has 1 aromatic carbocycles. The Labute approximate surface area is 71.1 Å². The molecule has 0 aliphatic rings. The Hall–Kier alpha value is -0.541. The minimum Gasteiger partial charge on any atom is -0.872 e. The van der Waals surface area contributed by atoms with E-state index in [4.69, 9.17) is 0 Å². The van der Waals surface area contributed by atoms with Crippen LogP contribution >= 0.6 is 0 Å². The van der Waals surface area contributed by atoms with Gasteiger partial charge in [-0.3, -0.25) is 0 Å². The van der Waals surface area contributed by atoms with Gasteiger partial charge in [0, 0.05) is 0 Å². The molecule has 0 spiro atoms. The van der Waals surface area contributed by atoms with Gasteiger partial charge >= 0.3 is 17.1 Å². The van der Waals surface area contributed by atoms with Crippen LogP contribution in [0.3, 0.4) is 0 Å². The van der Waals surface area contributed by atoms with Crippen LogP contribution in [0.2, 0.25) is 0 Å². The van der Waals surface area contributed by atoms with Gasteiger partial charge in [0.25, 0.3) is 0 Å². The number of rotatable bonds is 0. The molecular formula is C6H11CuN2O. The van der Waals surface area contributed by atoms with E-state index >= 15 is 0 Å². The molecule has 0 atom stereocenters. The fraction of sp³-hybridized carbons (Fsp3) is 0. The summed E-state index contributed by atoms with van der Waals surface area (Å²) in [5, 5.41) is 10.3. The quantitative estimate of drug-likeness (QED) is 0.600. The van der Waals surface area contributed by atoms with Crippen LogP contribution in [0.15, 0.2) is 30.3 Å². The Morgan fingerprint density at radius 3 is 1.50 bits per heavy atom. The van der Waals surface area contributed by atoms with Crippen molar-refractivity contribution >= 4 is 0 Å². The molecule has 4 heteroatoms. The van der Waals surface area contributed by atoms with Crippen molar-refractivity contribution in [2.45, 2.75) is 0 Å². The predicted molar refractivity (Wildman–Crippen MR) is 35.9 cm³/mol. The van der Waals surface area contributed by atoms with Gasteiger partial charge in [0.05, 0.1) is 0 Å². The molecule has 0 radical (unpaired) electrons. The SMILES string of the molecule is N.N.[Cu+].[O-]c1ccccc1. The van der Waals surface area contributed by atoms with E-state index in [0.29, 0.717) is 0 Å². The summed E-state index contributed by atoms with van der Waals surface area (Å²) in [7, 11) is 0. The van der Waals surface area contributed by atoms with Gasteiger partial charge in [-0.05, 0) is 0 Å². The van der Waals surface area contributed by atoms with Crippen LogP contribution in [0, 0.1) is 0 Å². The van der Waals surface area contributed by atoms with Gasteiger partial charge in [-0.1, -0.05) is 30.3 Å². The fourth-order valence-electron chi connectivity index (χ4n) is 0.420. The van der Waals surface area contributed by atoms with Crippen LogP contribution in [0.4, 0.5) is 0 Å². The molecule has 0 aliphatic heterocycles. The van der Waals surface area contributed by atoms with Crippen molar-refractivity contribution in [2.75, 3.05) is 0 Å². The van der Waals surface area contributed by atoms with Crippen LogP contribution in [-0.2, 0) is 17.1 Å². The second-order valence-corrected chi connectivity index (χ2v) is 1.31. The van der Waals surface area contributed by atoms with E-state index in [2.05, 4.69) is 0 Å². The molecule has 0 saturated carbocycles. The summed E-state index contributed by atoms with van der Waals surface area (Å²) >= 11 is 0. The maximum atomic E-state index is 10.3. The zero-order valence-corrected chi connectivity index (χ0v) is 6.45. The van der Waals surface area contributed by atoms with E-state index in [9.17, 15) is 5.11 Å². The second-order valence-electron chi connectivity index (χ2n) is 1.31. The molecule has 6 N–H and O–H groups in total. The second kappa shape index (κ2) is 8.46. The van der Waals surface area contributed by atoms with Crippen LogP contribution < -0.4 is 17.4 Å². The Bertz CT molecular complexity index is 146. The molecule has 0 fully saturated rings. The molecule has 0 aromatic heterocycles. The Kier molecular flexibility index (Phi) is 13.7. The maximum Gasteiger partial charge on any atom is 1.00 e. The first-order valence-electron chi connectivity index (χ1n) is 2.11. The van der Waals surface area contributed by atoms with Gasteiger partial charge in [0.2, 0.25) is 0 Å². The number of para-hydroxylation sites is 1. The summed E-state index contributed by atoms with van der Waals surface area (Å²) in [5.74, 6) is 0.0718. The van der Waals surface area contributed by atoms with Crippen LogP contribution in [0.5, 0.6) is 5.75 Å². The topological polar surface area (TPSA) is 93.1 Å². The first kappa shape index (κ1) is 16.2. The van der Waals surface area contributed by atoms with Crippen LogP contribution in [0.1, 0.15) is 0 Å². The third-order valence-corrected chi connectivity index (χ3v) is 0.743. The predicted octanol–water partition coefficient (Wildman–Crippen LogP) is 1.08. The number of benzene rings is 1. The minimum absolute atomic E-state index is 0. The molecule has 0 saturated heterocycles. The van der Waals surface area contributed by atoms with Gasteiger partial charge < -0.3 is 17.4 Å². The normalized spacial score (nSPS) is 6.00. The largest absolute Gasteiger partial charge is 1.00 e. The van der Waals surface area contributed by atoms with Gasteiger partial charge in [-0.2, -0.15) is 0 Å². The van der Waals surface area contributed by atoms with Crippen molar-refractivity contribution in [2.24, 2.45) is 0 Å². The third kappa shape index (κ3) is 5.59. The van der Waals surface area contributed by atoms with E-state index in [-0.39, 0.29) is 35.1 Å². The van der Waals surface area contributed by atoms with Crippen molar-refractivity contribution in [3.63, 3.8) is 0 Å². The average Bonchev–Trinajstić information content (AvgIpc) is 1.69.